The Kier molecular flexibility index (Phi) is 5.27. The predicted molar refractivity (Wildman–Crippen MR) is 93.5 cm³/mol. The van der Waals surface area contributed by atoms with Crippen LogP contribution < -0.4 is 0 Å². The smallest absolute Gasteiger partial charge is 0.183 e. The molecule has 0 radical (unpaired) electrons. The lowest BCUT2D eigenvalue weighted by atomic mass is 9.99. The van der Waals surface area contributed by atoms with E-state index in [1.54, 1.807) is 0 Å². The Morgan fingerprint density at radius 3 is 2.17 bits per heavy atom. The zero-order valence-corrected chi connectivity index (χ0v) is 13.7. The molecule has 0 N–H and O–H groups in total. The molecule has 0 bridgehead atoms. The summed E-state index contributed by atoms with van der Waals surface area (Å²) in [5, 5.41) is 0. The standard InChI is InChI=1S/C21H24O2/c1-3-4-5-17-8-12-19(13-9-17)21-22-14-20(15-23-21)18-10-6-16(2)7-11-18/h3,6-13,20-21H,1,4-5,14-15H2,2H3. The minimum Gasteiger partial charge on any atom is -0.348 e. The molecule has 1 aliphatic rings. The maximum absolute atomic E-state index is 5.94. The Labute approximate surface area is 138 Å². The number of aryl methyl sites for hydroxylation is 2. The van der Waals surface area contributed by atoms with E-state index in [0.717, 1.165) is 18.4 Å². The molecule has 0 amide bonds. The molecule has 0 aromatic heterocycles. The molecule has 3 rings (SSSR count). The van der Waals surface area contributed by atoms with Gasteiger partial charge in [0.2, 0.25) is 0 Å². The molecule has 0 aliphatic carbocycles. The van der Waals surface area contributed by atoms with Gasteiger partial charge in [0.05, 0.1) is 13.2 Å². The van der Waals surface area contributed by atoms with Gasteiger partial charge in [0, 0.05) is 11.5 Å². The van der Waals surface area contributed by atoms with Crippen LogP contribution in [-0.4, -0.2) is 13.2 Å². The summed E-state index contributed by atoms with van der Waals surface area (Å²) >= 11 is 0. The second kappa shape index (κ2) is 7.58. The Morgan fingerprint density at radius 1 is 0.957 bits per heavy atom. The Bertz CT molecular complexity index is 620. The van der Waals surface area contributed by atoms with Gasteiger partial charge in [-0.3, -0.25) is 0 Å². The van der Waals surface area contributed by atoms with Crippen LogP contribution in [0.1, 0.15) is 40.9 Å². The third-order valence-corrected chi connectivity index (χ3v) is 4.34. The first kappa shape index (κ1) is 16.0. The minimum atomic E-state index is -0.245. The first-order valence-corrected chi connectivity index (χ1v) is 8.26. The molecule has 0 atom stereocenters. The van der Waals surface area contributed by atoms with Crippen molar-refractivity contribution < 1.29 is 9.47 Å². The molecule has 1 fully saturated rings. The van der Waals surface area contributed by atoms with E-state index in [1.165, 1.54) is 16.7 Å². The first-order valence-electron chi connectivity index (χ1n) is 8.26. The maximum Gasteiger partial charge on any atom is 0.183 e. The Morgan fingerprint density at radius 2 is 1.57 bits per heavy atom. The fourth-order valence-corrected chi connectivity index (χ4v) is 2.84. The van der Waals surface area contributed by atoms with Crippen LogP contribution in [0.25, 0.3) is 0 Å². The molecule has 2 aromatic carbocycles. The number of hydrogen-bond donors (Lipinski definition) is 0. The maximum atomic E-state index is 5.94. The lowest BCUT2D eigenvalue weighted by Crippen LogP contribution is -2.25. The zero-order chi connectivity index (χ0) is 16.1. The molecule has 23 heavy (non-hydrogen) atoms. The van der Waals surface area contributed by atoms with Gasteiger partial charge in [-0.25, -0.2) is 0 Å². The van der Waals surface area contributed by atoms with Crippen molar-refractivity contribution in [3.63, 3.8) is 0 Å². The topological polar surface area (TPSA) is 18.5 Å². The zero-order valence-electron chi connectivity index (χ0n) is 13.7. The third kappa shape index (κ3) is 4.10. The SMILES string of the molecule is C=CCCc1ccc(C2OCC(c3ccc(C)cc3)CO2)cc1. The molecule has 120 valence electrons. The molecule has 1 saturated heterocycles. The second-order valence-electron chi connectivity index (χ2n) is 6.18. The van der Waals surface area contributed by atoms with Gasteiger partial charge < -0.3 is 9.47 Å². The van der Waals surface area contributed by atoms with Crippen molar-refractivity contribution in [2.75, 3.05) is 13.2 Å². The number of allylic oxidation sites excluding steroid dienone is 1. The number of ether oxygens (including phenoxy) is 2. The minimum absolute atomic E-state index is 0.245. The van der Waals surface area contributed by atoms with Crippen molar-refractivity contribution in [3.05, 3.63) is 83.4 Å². The highest BCUT2D eigenvalue weighted by Gasteiger charge is 2.24. The van der Waals surface area contributed by atoms with Crippen molar-refractivity contribution in [2.24, 2.45) is 0 Å². The Hall–Kier alpha value is -1.90. The summed E-state index contributed by atoms with van der Waals surface area (Å²) in [5.41, 5.74) is 4.98. The van der Waals surface area contributed by atoms with Crippen LogP contribution in [0.3, 0.4) is 0 Å². The number of hydrogen-bond acceptors (Lipinski definition) is 2. The fourth-order valence-electron chi connectivity index (χ4n) is 2.84. The lowest BCUT2D eigenvalue weighted by Gasteiger charge is -2.30. The third-order valence-electron chi connectivity index (χ3n) is 4.34. The van der Waals surface area contributed by atoms with Crippen LogP contribution in [0.15, 0.2) is 61.2 Å². The summed E-state index contributed by atoms with van der Waals surface area (Å²) < 4.78 is 11.9. The summed E-state index contributed by atoms with van der Waals surface area (Å²) in [6.07, 6.45) is 3.75. The van der Waals surface area contributed by atoms with Crippen LogP contribution in [0.2, 0.25) is 0 Å². The summed E-state index contributed by atoms with van der Waals surface area (Å²) in [7, 11) is 0. The molecular formula is C21H24O2. The van der Waals surface area contributed by atoms with Crippen LogP contribution in [0.4, 0.5) is 0 Å². The fraction of sp³-hybridized carbons (Fsp3) is 0.333. The molecule has 2 heteroatoms. The molecule has 1 aliphatic heterocycles. The van der Waals surface area contributed by atoms with E-state index >= 15 is 0 Å². The van der Waals surface area contributed by atoms with Crippen molar-refractivity contribution in [2.45, 2.75) is 32.0 Å². The summed E-state index contributed by atoms with van der Waals surface area (Å²) in [4.78, 5) is 0. The molecule has 0 spiro atoms. The quantitative estimate of drug-likeness (QED) is 0.728. The van der Waals surface area contributed by atoms with Gasteiger partial charge in [0.1, 0.15) is 0 Å². The van der Waals surface area contributed by atoms with Crippen molar-refractivity contribution in [1.82, 2.24) is 0 Å². The first-order chi connectivity index (χ1) is 11.3. The molecule has 1 heterocycles. The van der Waals surface area contributed by atoms with Gasteiger partial charge >= 0.3 is 0 Å². The van der Waals surface area contributed by atoms with E-state index in [0.29, 0.717) is 19.1 Å². The van der Waals surface area contributed by atoms with Gasteiger partial charge in [-0.15, -0.1) is 6.58 Å². The summed E-state index contributed by atoms with van der Waals surface area (Å²) in [5.74, 6) is 0.318. The Balaban J connectivity index is 1.58. The van der Waals surface area contributed by atoms with Gasteiger partial charge in [0.15, 0.2) is 6.29 Å². The molecular weight excluding hydrogens is 284 g/mol. The summed E-state index contributed by atoms with van der Waals surface area (Å²) in [6, 6.07) is 17.1. The highest BCUT2D eigenvalue weighted by Crippen LogP contribution is 2.30. The van der Waals surface area contributed by atoms with Gasteiger partial charge in [-0.05, 0) is 30.9 Å². The molecule has 2 aromatic rings. The highest BCUT2D eigenvalue weighted by molar-refractivity contribution is 5.26. The van der Waals surface area contributed by atoms with Gasteiger partial charge in [-0.2, -0.15) is 0 Å². The van der Waals surface area contributed by atoms with Crippen LogP contribution >= 0.6 is 0 Å². The second-order valence-corrected chi connectivity index (χ2v) is 6.18. The lowest BCUT2D eigenvalue weighted by molar-refractivity contribution is -0.191. The van der Waals surface area contributed by atoms with E-state index in [-0.39, 0.29) is 6.29 Å². The summed E-state index contributed by atoms with van der Waals surface area (Å²) in [6.45, 7) is 7.27. The number of benzene rings is 2. The van der Waals surface area contributed by atoms with Crippen molar-refractivity contribution in [3.8, 4) is 0 Å². The molecule has 0 unspecified atom stereocenters. The van der Waals surface area contributed by atoms with Crippen LogP contribution in [-0.2, 0) is 15.9 Å². The van der Waals surface area contributed by atoms with E-state index in [1.807, 2.05) is 6.08 Å². The van der Waals surface area contributed by atoms with Crippen LogP contribution in [0.5, 0.6) is 0 Å². The van der Waals surface area contributed by atoms with Gasteiger partial charge in [-0.1, -0.05) is 60.2 Å². The predicted octanol–water partition coefficient (Wildman–Crippen LogP) is 4.94. The van der Waals surface area contributed by atoms with Crippen molar-refractivity contribution >= 4 is 0 Å². The monoisotopic (exact) mass is 308 g/mol. The van der Waals surface area contributed by atoms with E-state index < -0.39 is 0 Å². The molecule has 0 saturated carbocycles. The van der Waals surface area contributed by atoms with Crippen LogP contribution in [0, 0.1) is 6.92 Å². The normalized spacial score (nSPS) is 21.1. The highest BCUT2D eigenvalue weighted by atomic mass is 16.7. The largest absolute Gasteiger partial charge is 0.348 e. The molecule has 2 nitrogen and oxygen atoms in total. The van der Waals surface area contributed by atoms with Crippen molar-refractivity contribution in [1.29, 1.82) is 0 Å². The average molecular weight is 308 g/mol. The average Bonchev–Trinajstić information content (AvgIpc) is 2.61. The van der Waals surface area contributed by atoms with Gasteiger partial charge in [0.25, 0.3) is 0 Å². The number of rotatable bonds is 5. The van der Waals surface area contributed by atoms with E-state index in [9.17, 15) is 0 Å². The van der Waals surface area contributed by atoms with E-state index in [2.05, 4.69) is 62.0 Å². The van der Waals surface area contributed by atoms with E-state index in [4.69, 9.17) is 9.47 Å².